The zero-order valence-electron chi connectivity index (χ0n) is 12.1. The minimum absolute atomic E-state index is 0.250. The predicted octanol–water partition coefficient (Wildman–Crippen LogP) is 1.55. The molecule has 19 heavy (non-hydrogen) atoms. The van der Waals surface area contributed by atoms with Crippen LogP contribution >= 0.6 is 0 Å². The van der Waals surface area contributed by atoms with Crippen LogP contribution in [-0.4, -0.2) is 43.0 Å². The van der Waals surface area contributed by atoms with Crippen molar-refractivity contribution in [2.75, 3.05) is 20.2 Å². The number of hydrogen-bond acceptors (Lipinski definition) is 5. The summed E-state index contributed by atoms with van der Waals surface area (Å²) < 4.78 is 0. The molecule has 5 heteroatoms. The molecule has 0 aromatic heterocycles. The normalized spacial score (nSPS) is 19.0. The van der Waals surface area contributed by atoms with E-state index >= 15 is 0 Å². The molecule has 0 aliphatic carbocycles. The number of likely N-dealkylation sites (N-methyl/N-ethyl adjacent to an activating group) is 1. The highest BCUT2D eigenvalue weighted by Gasteiger charge is 2.21. The van der Waals surface area contributed by atoms with E-state index in [4.69, 9.17) is 14.4 Å². The van der Waals surface area contributed by atoms with Crippen LogP contribution in [-0.2, 0) is 14.4 Å². The third-order valence-electron chi connectivity index (χ3n) is 2.90. The van der Waals surface area contributed by atoms with E-state index in [0.29, 0.717) is 18.6 Å². The summed E-state index contributed by atoms with van der Waals surface area (Å²) in [6.07, 6.45) is 2.72. The molecule has 0 radical (unpaired) electrons. The van der Waals surface area contributed by atoms with E-state index in [9.17, 15) is 0 Å². The summed E-state index contributed by atoms with van der Waals surface area (Å²) >= 11 is 0. The molecule has 1 aliphatic rings. The molecule has 1 saturated heterocycles. The van der Waals surface area contributed by atoms with Crippen molar-refractivity contribution < 1.29 is 14.4 Å². The van der Waals surface area contributed by atoms with Gasteiger partial charge < -0.3 is 4.84 Å². The summed E-state index contributed by atoms with van der Waals surface area (Å²) in [6, 6.07) is 0.520. The maximum absolute atomic E-state index is 8.12. The van der Waals surface area contributed by atoms with Crippen LogP contribution < -0.4 is 0 Å². The van der Waals surface area contributed by atoms with Gasteiger partial charge in [-0.1, -0.05) is 24.9 Å². The molecule has 0 N–H and O–H groups in total. The second-order valence-corrected chi connectivity index (χ2v) is 4.66. The Hall–Kier alpha value is -1.63. The Morgan fingerprint density at radius 3 is 2.53 bits per heavy atom. The number of hydrogen-bond donors (Lipinski definition) is 0. The summed E-state index contributed by atoms with van der Waals surface area (Å²) in [4.78, 5) is 24.0. The van der Waals surface area contributed by atoms with Gasteiger partial charge in [-0.2, -0.15) is 9.59 Å². The Labute approximate surface area is 115 Å². The quantitative estimate of drug-likeness (QED) is 0.440. The zero-order valence-corrected chi connectivity index (χ0v) is 12.1. The van der Waals surface area contributed by atoms with Crippen LogP contribution in [0.25, 0.3) is 0 Å². The first-order chi connectivity index (χ1) is 9.06. The lowest BCUT2D eigenvalue weighted by molar-refractivity contribution is -0.191. The summed E-state index contributed by atoms with van der Waals surface area (Å²) in [5, 5.41) is 4.13. The van der Waals surface area contributed by atoms with Gasteiger partial charge in [0.2, 0.25) is 0 Å². The molecule has 0 spiro atoms. The second kappa shape index (κ2) is 10.3. The van der Waals surface area contributed by atoms with Gasteiger partial charge >= 0.3 is 6.15 Å². The Morgan fingerprint density at radius 1 is 1.47 bits per heavy atom. The highest BCUT2D eigenvalue weighted by molar-refractivity contribution is 6.01. The number of rotatable bonds is 4. The fraction of sp³-hybridized carbons (Fsp3) is 0.714. The van der Waals surface area contributed by atoms with E-state index in [1.54, 1.807) is 0 Å². The van der Waals surface area contributed by atoms with Crippen molar-refractivity contribution in [3.05, 3.63) is 0 Å². The van der Waals surface area contributed by atoms with Crippen molar-refractivity contribution in [3.63, 3.8) is 0 Å². The Balaban J connectivity index is 0.000000982. The molecule has 1 aliphatic heterocycles. The van der Waals surface area contributed by atoms with Crippen molar-refractivity contribution in [1.82, 2.24) is 4.90 Å². The highest BCUT2D eigenvalue weighted by atomic mass is 16.6. The SMILES string of the molecule is CC#C/C(=N\OC[C@H]1CCCN1C)C(C)C.O=C=O. The first-order valence-electron chi connectivity index (χ1n) is 6.38. The van der Waals surface area contributed by atoms with E-state index in [1.807, 2.05) is 6.92 Å². The average molecular weight is 266 g/mol. The summed E-state index contributed by atoms with van der Waals surface area (Å²) in [7, 11) is 2.14. The maximum Gasteiger partial charge on any atom is 0.373 e. The van der Waals surface area contributed by atoms with Crippen molar-refractivity contribution in [2.24, 2.45) is 11.1 Å². The highest BCUT2D eigenvalue weighted by Crippen LogP contribution is 2.14. The van der Waals surface area contributed by atoms with Gasteiger partial charge in [-0.3, -0.25) is 4.90 Å². The van der Waals surface area contributed by atoms with E-state index in [2.05, 4.69) is 42.8 Å². The van der Waals surface area contributed by atoms with Gasteiger partial charge in [0, 0.05) is 12.0 Å². The summed E-state index contributed by atoms with van der Waals surface area (Å²) in [6.45, 7) is 7.83. The van der Waals surface area contributed by atoms with Crippen LogP contribution in [0.15, 0.2) is 5.16 Å². The lowest BCUT2D eigenvalue weighted by Gasteiger charge is -2.17. The Morgan fingerprint density at radius 2 is 2.11 bits per heavy atom. The molecule has 5 nitrogen and oxygen atoms in total. The van der Waals surface area contributed by atoms with E-state index in [-0.39, 0.29) is 6.15 Å². The topological polar surface area (TPSA) is 59.0 Å². The van der Waals surface area contributed by atoms with Gasteiger partial charge in [0.1, 0.15) is 12.3 Å². The molecule has 0 unspecified atom stereocenters. The second-order valence-electron chi connectivity index (χ2n) is 4.66. The lowest BCUT2D eigenvalue weighted by Crippen LogP contribution is -2.28. The molecule has 1 heterocycles. The third-order valence-corrected chi connectivity index (χ3v) is 2.90. The molecule has 1 atom stereocenters. The van der Waals surface area contributed by atoms with Gasteiger partial charge in [-0.25, -0.2) is 0 Å². The number of likely N-dealkylation sites (tertiary alicyclic amines) is 1. The Bertz CT molecular complexity index is 374. The fourth-order valence-corrected chi connectivity index (χ4v) is 1.78. The molecule has 0 aromatic rings. The van der Waals surface area contributed by atoms with Crippen molar-refractivity contribution in [1.29, 1.82) is 0 Å². The van der Waals surface area contributed by atoms with Crippen molar-refractivity contribution in [3.8, 4) is 11.8 Å². The van der Waals surface area contributed by atoms with Gasteiger partial charge in [-0.15, -0.1) is 0 Å². The van der Waals surface area contributed by atoms with Gasteiger partial charge in [-0.05, 0) is 39.3 Å². The smallest absolute Gasteiger partial charge is 0.373 e. The van der Waals surface area contributed by atoms with Crippen LogP contribution in [0.5, 0.6) is 0 Å². The lowest BCUT2D eigenvalue weighted by atomic mass is 10.1. The molecule has 1 rings (SSSR count). The Kier molecular flexibility index (Phi) is 9.42. The standard InChI is InChI=1S/C13H22N2O.CO2/c1-5-7-13(11(2)3)14-16-10-12-8-6-9-15(12)4;2-1-3/h11-12H,6,8-10H2,1-4H3;/b14-13+;/t12-;/m1./s1. The van der Waals surface area contributed by atoms with Crippen LogP contribution in [0.2, 0.25) is 0 Å². The number of oxime groups is 1. The molecule has 0 amide bonds. The monoisotopic (exact) mass is 266 g/mol. The fourth-order valence-electron chi connectivity index (χ4n) is 1.78. The van der Waals surface area contributed by atoms with E-state index < -0.39 is 0 Å². The van der Waals surface area contributed by atoms with E-state index in [0.717, 1.165) is 5.71 Å². The first-order valence-corrected chi connectivity index (χ1v) is 6.38. The molecular formula is C14H22N2O3. The largest absolute Gasteiger partial charge is 0.393 e. The van der Waals surface area contributed by atoms with Crippen LogP contribution in [0, 0.1) is 17.8 Å². The molecular weight excluding hydrogens is 244 g/mol. The number of nitrogens with zero attached hydrogens (tertiary/aromatic N) is 2. The predicted molar refractivity (Wildman–Crippen MR) is 72.3 cm³/mol. The van der Waals surface area contributed by atoms with Crippen molar-refractivity contribution >= 4 is 11.9 Å². The molecule has 1 fully saturated rings. The molecule has 106 valence electrons. The van der Waals surface area contributed by atoms with Gasteiger partial charge in [0.05, 0.1) is 0 Å². The summed E-state index contributed by atoms with van der Waals surface area (Å²) in [5.74, 6) is 6.17. The van der Waals surface area contributed by atoms with Gasteiger partial charge in [0.15, 0.2) is 0 Å². The summed E-state index contributed by atoms with van der Waals surface area (Å²) in [5.41, 5.74) is 0.836. The minimum atomic E-state index is 0.250. The molecule has 0 saturated carbocycles. The van der Waals surface area contributed by atoms with Crippen LogP contribution in [0.1, 0.15) is 33.6 Å². The van der Waals surface area contributed by atoms with E-state index in [1.165, 1.54) is 19.4 Å². The first kappa shape index (κ1) is 17.4. The average Bonchev–Trinajstić information content (AvgIpc) is 2.75. The van der Waals surface area contributed by atoms with Gasteiger partial charge in [0.25, 0.3) is 0 Å². The maximum atomic E-state index is 8.12. The minimum Gasteiger partial charge on any atom is -0.393 e. The van der Waals surface area contributed by atoms with Crippen LogP contribution in [0.3, 0.4) is 0 Å². The third kappa shape index (κ3) is 7.40. The zero-order chi connectivity index (χ0) is 14.7. The molecule has 0 aromatic carbocycles. The number of carbonyl (C=O) groups excluding carboxylic acids is 2. The van der Waals surface area contributed by atoms with Crippen LogP contribution in [0.4, 0.5) is 0 Å². The van der Waals surface area contributed by atoms with Crippen molar-refractivity contribution in [2.45, 2.75) is 39.7 Å². The molecule has 0 bridgehead atoms.